The maximum atomic E-state index is 12.8. The molecule has 32 heavy (non-hydrogen) atoms. The SMILES string of the molecule is CC.CC.CCI.CN(c1ccc(CN)cc1)C1CN(c2ccc(OC(F)(F)P)cc2)C1. The molecular formula is C24H39F2IN3OP. The molecule has 0 aromatic heterocycles. The van der Waals surface area contributed by atoms with Crippen LogP contribution in [0.1, 0.15) is 40.2 Å². The highest BCUT2D eigenvalue weighted by molar-refractivity contribution is 14.1. The van der Waals surface area contributed by atoms with Crippen LogP contribution in [-0.4, -0.2) is 36.5 Å². The lowest BCUT2D eigenvalue weighted by molar-refractivity contribution is -0.0892. The Labute approximate surface area is 209 Å². The summed E-state index contributed by atoms with van der Waals surface area (Å²) >= 11 is 2.29. The Morgan fingerprint density at radius 3 is 1.94 bits per heavy atom. The van der Waals surface area contributed by atoms with E-state index in [2.05, 4.69) is 63.2 Å². The van der Waals surface area contributed by atoms with Crippen molar-refractivity contribution < 1.29 is 13.5 Å². The molecule has 8 heteroatoms. The van der Waals surface area contributed by atoms with E-state index in [1.165, 1.54) is 13.7 Å². The van der Waals surface area contributed by atoms with E-state index in [0.29, 0.717) is 12.6 Å². The van der Waals surface area contributed by atoms with Crippen molar-refractivity contribution in [3.05, 3.63) is 54.1 Å². The van der Waals surface area contributed by atoms with Gasteiger partial charge in [-0.2, -0.15) is 8.78 Å². The number of hydrogen-bond acceptors (Lipinski definition) is 4. The second-order valence-electron chi connectivity index (χ2n) is 6.47. The first-order valence-electron chi connectivity index (χ1n) is 11.1. The molecule has 0 radical (unpaired) electrons. The van der Waals surface area contributed by atoms with Gasteiger partial charge in [0, 0.05) is 38.1 Å². The van der Waals surface area contributed by atoms with Crippen LogP contribution in [-0.2, 0) is 6.54 Å². The zero-order valence-electron chi connectivity index (χ0n) is 20.1. The number of benzene rings is 2. The number of likely N-dealkylation sites (N-methyl/N-ethyl adjacent to an activating group) is 1. The summed E-state index contributed by atoms with van der Waals surface area (Å²) in [5.74, 6) is -3.09. The minimum atomic E-state index is -3.24. The van der Waals surface area contributed by atoms with E-state index in [0.717, 1.165) is 30.0 Å². The van der Waals surface area contributed by atoms with Gasteiger partial charge < -0.3 is 20.3 Å². The minimum absolute atomic E-state index is 0.151. The molecule has 1 aliphatic heterocycles. The summed E-state index contributed by atoms with van der Waals surface area (Å²) in [6.07, 6.45) is 0. The van der Waals surface area contributed by atoms with Gasteiger partial charge in [-0.25, -0.2) is 0 Å². The predicted octanol–water partition coefficient (Wildman–Crippen LogP) is 6.77. The first-order chi connectivity index (χ1) is 15.3. The number of hydrogen-bond donors (Lipinski definition) is 1. The fraction of sp³-hybridized carbons (Fsp3) is 0.500. The van der Waals surface area contributed by atoms with Crippen molar-refractivity contribution in [2.45, 2.75) is 53.1 Å². The quantitative estimate of drug-likeness (QED) is 0.232. The molecule has 0 saturated carbocycles. The Balaban J connectivity index is 0.00000124. The van der Waals surface area contributed by atoms with Crippen LogP contribution in [0.15, 0.2) is 48.5 Å². The Bertz CT molecular complexity index is 722. The normalized spacial score (nSPS) is 12.7. The molecule has 0 amide bonds. The molecule has 0 spiro atoms. The Hall–Kier alpha value is -1.18. The zero-order chi connectivity index (χ0) is 24.7. The van der Waals surface area contributed by atoms with E-state index in [-0.39, 0.29) is 5.75 Å². The van der Waals surface area contributed by atoms with Gasteiger partial charge in [0.2, 0.25) is 0 Å². The van der Waals surface area contributed by atoms with Crippen LogP contribution >= 0.6 is 31.8 Å². The van der Waals surface area contributed by atoms with Crippen LogP contribution in [0.3, 0.4) is 0 Å². The fourth-order valence-corrected chi connectivity index (χ4v) is 3.01. The first kappa shape index (κ1) is 30.8. The lowest BCUT2D eigenvalue weighted by atomic mass is 10.0. The molecule has 4 nitrogen and oxygen atoms in total. The van der Waals surface area contributed by atoms with Gasteiger partial charge in [-0.15, -0.1) is 0 Å². The summed E-state index contributed by atoms with van der Waals surface area (Å²) in [5.41, 5.74) is 8.91. The molecule has 1 fully saturated rings. The van der Waals surface area contributed by atoms with E-state index >= 15 is 0 Å². The van der Waals surface area contributed by atoms with Gasteiger partial charge in [-0.3, -0.25) is 0 Å². The second kappa shape index (κ2) is 16.4. The van der Waals surface area contributed by atoms with Crippen LogP contribution in [0.4, 0.5) is 20.2 Å². The molecule has 2 aromatic rings. The van der Waals surface area contributed by atoms with E-state index in [1.807, 2.05) is 39.8 Å². The summed E-state index contributed by atoms with van der Waals surface area (Å²) < 4.78 is 31.4. The molecule has 2 N–H and O–H groups in total. The standard InChI is InChI=1S/C18H22F2N3OP.C2H5I.2C2H6/c1-22(14-4-2-13(10-21)3-5-14)16-11-23(12-16)15-6-8-17(9-7-15)24-18(19,20)25;1-2-3;2*1-2/h2-9,16H,10-12,21,25H2,1H3;2H2,1H3;2*1-2H3. The summed E-state index contributed by atoms with van der Waals surface area (Å²) in [6, 6.07) is 15.4. The highest BCUT2D eigenvalue weighted by Gasteiger charge is 2.30. The average Bonchev–Trinajstić information content (AvgIpc) is 2.76. The molecule has 1 heterocycles. The Kier molecular flexibility index (Phi) is 15.8. The van der Waals surface area contributed by atoms with Gasteiger partial charge >= 0.3 is 5.85 Å². The van der Waals surface area contributed by atoms with Crippen LogP contribution in [0, 0.1) is 0 Å². The second-order valence-corrected chi connectivity index (χ2v) is 8.66. The molecule has 0 bridgehead atoms. The third kappa shape index (κ3) is 10.6. The monoisotopic (exact) mass is 581 g/mol. The molecule has 1 saturated heterocycles. The molecule has 182 valence electrons. The van der Waals surface area contributed by atoms with Crippen molar-refractivity contribution in [2.75, 3.05) is 34.4 Å². The lowest BCUT2D eigenvalue weighted by Crippen LogP contribution is -2.58. The van der Waals surface area contributed by atoms with Crippen LogP contribution in [0.25, 0.3) is 0 Å². The topological polar surface area (TPSA) is 41.7 Å². The van der Waals surface area contributed by atoms with Gasteiger partial charge in [-0.05, 0) is 55.6 Å². The van der Waals surface area contributed by atoms with Crippen molar-refractivity contribution in [3.63, 3.8) is 0 Å². The van der Waals surface area contributed by atoms with Crippen molar-refractivity contribution in [1.82, 2.24) is 0 Å². The smallest absolute Gasteiger partial charge is 0.408 e. The number of alkyl halides is 3. The molecule has 1 atom stereocenters. The van der Waals surface area contributed by atoms with Crippen LogP contribution in [0.5, 0.6) is 5.75 Å². The maximum absolute atomic E-state index is 12.8. The van der Waals surface area contributed by atoms with Gasteiger partial charge in [-0.1, -0.05) is 69.3 Å². The van der Waals surface area contributed by atoms with Crippen LogP contribution < -0.4 is 20.3 Å². The summed E-state index contributed by atoms with van der Waals surface area (Å²) in [7, 11) is 3.45. The Morgan fingerprint density at radius 2 is 1.53 bits per heavy atom. The molecular weight excluding hydrogens is 542 g/mol. The third-order valence-corrected chi connectivity index (χ3v) is 4.56. The summed E-state index contributed by atoms with van der Waals surface area (Å²) in [6.45, 7) is 12.4. The van der Waals surface area contributed by atoms with E-state index in [4.69, 9.17) is 5.73 Å². The molecule has 1 unspecified atom stereocenters. The highest BCUT2D eigenvalue weighted by Crippen LogP contribution is 2.31. The number of nitrogens with two attached hydrogens (primary N) is 1. The average molecular weight is 581 g/mol. The third-order valence-electron chi connectivity index (χ3n) is 4.45. The number of rotatable bonds is 6. The number of halogens is 3. The van der Waals surface area contributed by atoms with Gasteiger partial charge in [0.15, 0.2) is 0 Å². The maximum Gasteiger partial charge on any atom is 0.408 e. The highest BCUT2D eigenvalue weighted by atomic mass is 127. The minimum Gasteiger partial charge on any atom is -0.430 e. The first-order valence-corrected chi connectivity index (χ1v) is 13.2. The van der Waals surface area contributed by atoms with Crippen molar-refractivity contribution >= 4 is 43.2 Å². The number of ether oxygens (including phenoxy) is 1. The molecule has 3 rings (SSSR count). The Morgan fingerprint density at radius 1 is 1.06 bits per heavy atom. The van der Waals surface area contributed by atoms with E-state index in [9.17, 15) is 8.78 Å². The van der Waals surface area contributed by atoms with E-state index in [1.54, 1.807) is 24.3 Å². The molecule has 1 aliphatic rings. The summed E-state index contributed by atoms with van der Waals surface area (Å²) in [5, 5.41) is 0. The predicted molar refractivity (Wildman–Crippen MR) is 148 cm³/mol. The number of nitrogens with zero attached hydrogens (tertiary/aromatic N) is 2. The van der Waals surface area contributed by atoms with Crippen molar-refractivity contribution in [1.29, 1.82) is 0 Å². The fourth-order valence-electron chi connectivity index (χ4n) is 2.87. The van der Waals surface area contributed by atoms with Crippen LogP contribution in [0.2, 0.25) is 0 Å². The van der Waals surface area contributed by atoms with Gasteiger partial charge in [0.25, 0.3) is 0 Å². The largest absolute Gasteiger partial charge is 0.430 e. The van der Waals surface area contributed by atoms with Gasteiger partial charge in [0.05, 0.1) is 6.04 Å². The van der Waals surface area contributed by atoms with E-state index < -0.39 is 5.85 Å². The van der Waals surface area contributed by atoms with Gasteiger partial charge in [0.1, 0.15) is 5.75 Å². The molecule has 0 aliphatic carbocycles. The summed E-state index contributed by atoms with van der Waals surface area (Å²) in [4.78, 5) is 4.46. The van der Waals surface area contributed by atoms with Crippen molar-refractivity contribution in [2.24, 2.45) is 5.73 Å². The number of anilines is 2. The van der Waals surface area contributed by atoms with Crippen molar-refractivity contribution in [3.8, 4) is 5.75 Å². The zero-order valence-corrected chi connectivity index (χ0v) is 23.4. The molecule has 2 aromatic carbocycles. The lowest BCUT2D eigenvalue weighted by Gasteiger charge is -2.46.